The summed E-state index contributed by atoms with van der Waals surface area (Å²) in [6, 6.07) is 5.63. The van der Waals surface area contributed by atoms with Crippen LogP contribution in [-0.4, -0.2) is 66.7 Å². The van der Waals surface area contributed by atoms with Crippen molar-refractivity contribution in [2.75, 3.05) is 20.3 Å². The third-order valence-electron chi connectivity index (χ3n) is 8.69. The van der Waals surface area contributed by atoms with Crippen molar-refractivity contribution < 1.29 is 19.0 Å². The van der Waals surface area contributed by atoms with Crippen molar-refractivity contribution in [2.45, 2.75) is 70.3 Å². The molecule has 1 aliphatic carbocycles. The first-order chi connectivity index (χ1) is 20.4. The van der Waals surface area contributed by atoms with Crippen LogP contribution in [0.15, 0.2) is 36.8 Å². The highest BCUT2D eigenvalue weighted by atomic mass is 19.1. The van der Waals surface area contributed by atoms with Crippen LogP contribution in [0.5, 0.6) is 11.5 Å². The third kappa shape index (κ3) is 5.03. The topological polar surface area (TPSA) is 126 Å². The highest BCUT2D eigenvalue weighted by Crippen LogP contribution is 2.40. The minimum atomic E-state index is -0.826. The lowest BCUT2D eigenvalue weighted by Gasteiger charge is -2.42. The maximum Gasteiger partial charge on any atom is 0.176 e. The van der Waals surface area contributed by atoms with Crippen LogP contribution in [0, 0.1) is 24.2 Å². The molecule has 1 aliphatic heterocycles. The average Bonchev–Trinajstić information content (AvgIpc) is 3.58. The SMILES string of the molecule is COc1cnn2cc(-c3nn4c(c3C)C(C)N(C3CCC(NC#N)CC3)CC4)cc(OC(CO)c3ccc(F)cn3)c12. The monoisotopic (exact) mass is 574 g/mol. The van der Waals surface area contributed by atoms with E-state index in [0.29, 0.717) is 28.8 Å². The number of halogens is 1. The summed E-state index contributed by atoms with van der Waals surface area (Å²) >= 11 is 0. The van der Waals surface area contributed by atoms with Crippen LogP contribution in [0.3, 0.4) is 0 Å². The van der Waals surface area contributed by atoms with E-state index in [9.17, 15) is 9.50 Å². The second-order valence-electron chi connectivity index (χ2n) is 11.0. The standard InChI is InChI=1S/C30H35FN8O3/c1-18-28(36-38-11-10-37(19(2)29(18)38)23-7-5-22(6-8-23)34-17-32)20-12-25(30-26(41-3)14-35-39(30)15-20)42-27(16-40)24-9-4-21(31)13-33-24/h4,9,12-15,19,22-23,27,34,40H,5-8,10-11,16H2,1-3H3. The van der Waals surface area contributed by atoms with E-state index in [0.717, 1.165) is 61.8 Å². The Labute approximate surface area is 243 Å². The van der Waals surface area contributed by atoms with Gasteiger partial charge < -0.3 is 19.9 Å². The van der Waals surface area contributed by atoms with E-state index in [2.05, 4.69) is 45.0 Å². The summed E-state index contributed by atoms with van der Waals surface area (Å²) in [6.45, 7) is 5.71. The second kappa shape index (κ2) is 11.6. The number of hydrogen-bond donors (Lipinski definition) is 2. The van der Waals surface area contributed by atoms with Crippen LogP contribution in [0.4, 0.5) is 4.39 Å². The summed E-state index contributed by atoms with van der Waals surface area (Å²) in [4.78, 5) is 6.70. The minimum Gasteiger partial charge on any atom is -0.493 e. The zero-order chi connectivity index (χ0) is 29.4. The number of aliphatic hydroxyl groups excluding tert-OH is 1. The van der Waals surface area contributed by atoms with Gasteiger partial charge in [-0.25, -0.2) is 8.91 Å². The Morgan fingerprint density at radius 1 is 1.19 bits per heavy atom. The summed E-state index contributed by atoms with van der Waals surface area (Å²) in [5.74, 6) is 0.493. The van der Waals surface area contributed by atoms with E-state index < -0.39 is 11.9 Å². The van der Waals surface area contributed by atoms with E-state index in [1.807, 2.05) is 12.3 Å². The first-order valence-electron chi connectivity index (χ1n) is 14.3. The highest BCUT2D eigenvalue weighted by molar-refractivity contribution is 5.75. The average molecular weight is 575 g/mol. The molecule has 220 valence electrons. The van der Waals surface area contributed by atoms with Crippen LogP contribution >= 0.6 is 0 Å². The number of nitriles is 1. The summed E-state index contributed by atoms with van der Waals surface area (Å²) in [5, 5.41) is 31.6. The predicted octanol–water partition coefficient (Wildman–Crippen LogP) is 3.92. The lowest BCUT2D eigenvalue weighted by Crippen LogP contribution is -2.47. The lowest BCUT2D eigenvalue weighted by molar-refractivity contribution is 0.0772. The Balaban J connectivity index is 1.33. The van der Waals surface area contributed by atoms with Crippen molar-refractivity contribution in [3.05, 3.63) is 59.6 Å². The number of methoxy groups -OCH3 is 1. The molecule has 0 saturated heterocycles. The number of nitrogens with one attached hydrogen (secondary N) is 1. The maximum absolute atomic E-state index is 13.5. The largest absolute Gasteiger partial charge is 0.493 e. The molecule has 1 saturated carbocycles. The Morgan fingerprint density at radius 3 is 2.69 bits per heavy atom. The van der Waals surface area contributed by atoms with Crippen LogP contribution in [0.2, 0.25) is 0 Å². The molecule has 0 amide bonds. The molecule has 2 unspecified atom stereocenters. The summed E-state index contributed by atoms with van der Waals surface area (Å²) < 4.78 is 29.2. The van der Waals surface area contributed by atoms with Gasteiger partial charge in [0.15, 0.2) is 29.3 Å². The van der Waals surface area contributed by atoms with Gasteiger partial charge in [-0.1, -0.05) is 0 Å². The lowest BCUT2D eigenvalue weighted by atomic mass is 9.88. The van der Waals surface area contributed by atoms with E-state index in [4.69, 9.17) is 19.8 Å². The van der Waals surface area contributed by atoms with Crippen molar-refractivity contribution in [3.63, 3.8) is 0 Å². The molecule has 0 aromatic carbocycles. The van der Waals surface area contributed by atoms with Gasteiger partial charge in [0.2, 0.25) is 0 Å². The van der Waals surface area contributed by atoms with E-state index in [1.165, 1.54) is 17.8 Å². The maximum atomic E-state index is 13.5. The molecule has 12 heteroatoms. The molecule has 0 bridgehead atoms. The molecule has 0 spiro atoms. The second-order valence-corrected chi connectivity index (χ2v) is 11.0. The molecule has 5 heterocycles. The third-order valence-corrected chi connectivity index (χ3v) is 8.69. The van der Waals surface area contributed by atoms with Crippen LogP contribution in [0.25, 0.3) is 16.8 Å². The van der Waals surface area contributed by atoms with Gasteiger partial charge >= 0.3 is 0 Å². The molecule has 4 aromatic rings. The molecule has 2 N–H and O–H groups in total. The Kier molecular flexibility index (Phi) is 7.70. The number of rotatable bonds is 8. The number of pyridine rings is 2. The van der Waals surface area contributed by atoms with Gasteiger partial charge in [0.05, 0.1) is 49.7 Å². The number of aliphatic hydroxyl groups is 1. The molecular formula is C30H35FN8O3. The Morgan fingerprint density at radius 2 is 2.00 bits per heavy atom. The van der Waals surface area contributed by atoms with Gasteiger partial charge in [0.25, 0.3) is 0 Å². The fourth-order valence-electron chi connectivity index (χ4n) is 6.59. The van der Waals surface area contributed by atoms with Gasteiger partial charge in [0.1, 0.15) is 5.82 Å². The summed E-state index contributed by atoms with van der Waals surface area (Å²) in [6.07, 6.45) is 10.0. The molecule has 42 heavy (non-hydrogen) atoms. The molecule has 4 aromatic heterocycles. The van der Waals surface area contributed by atoms with E-state index in [-0.39, 0.29) is 18.7 Å². The highest BCUT2D eigenvalue weighted by Gasteiger charge is 2.35. The van der Waals surface area contributed by atoms with Crippen molar-refractivity contribution in [1.29, 1.82) is 5.26 Å². The van der Waals surface area contributed by atoms with Gasteiger partial charge in [0, 0.05) is 36.4 Å². The van der Waals surface area contributed by atoms with Crippen molar-refractivity contribution in [3.8, 4) is 28.9 Å². The fourth-order valence-corrected chi connectivity index (χ4v) is 6.59. The molecule has 2 atom stereocenters. The quantitative estimate of drug-likeness (QED) is 0.238. The van der Waals surface area contributed by atoms with Crippen LogP contribution < -0.4 is 14.8 Å². The molecule has 1 fully saturated rings. The molecular weight excluding hydrogens is 539 g/mol. The first kappa shape index (κ1) is 27.9. The normalized spacial score (nSPS) is 21.5. The number of fused-ring (bicyclic) bond motifs is 2. The number of aromatic nitrogens is 5. The van der Waals surface area contributed by atoms with Crippen molar-refractivity contribution in [1.82, 2.24) is 34.6 Å². The molecule has 2 aliphatic rings. The van der Waals surface area contributed by atoms with Gasteiger partial charge in [-0.3, -0.25) is 14.6 Å². The van der Waals surface area contributed by atoms with E-state index in [1.54, 1.807) is 17.8 Å². The van der Waals surface area contributed by atoms with Crippen molar-refractivity contribution >= 4 is 5.52 Å². The van der Waals surface area contributed by atoms with Gasteiger partial charge in [-0.05, 0) is 63.3 Å². The van der Waals surface area contributed by atoms with Crippen LogP contribution in [-0.2, 0) is 6.54 Å². The van der Waals surface area contributed by atoms with Gasteiger partial charge in [-0.2, -0.15) is 15.5 Å². The summed E-state index contributed by atoms with van der Waals surface area (Å²) in [5.41, 5.74) is 4.94. The Bertz CT molecular complexity index is 1600. The number of ether oxygens (including phenoxy) is 2. The number of nitrogens with zero attached hydrogens (tertiary/aromatic N) is 7. The van der Waals surface area contributed by atoms with E-state index >= 15 is 0 Å². The molecule has 11 nitrogen and oxygen atoms in total. The van der Waals surface area contributed by atoms with Gasteiger partial charge in [-0.15, -0.1) is 0 Å². The minimum absolute atomic E-state index is 0.193. The zero-order valence-electron chi connectivity index (χ0n) is 24.0. The molecule has 0 radical (unpaired) electrons. The Hall–Kier alpha value is -4.21. The molecule has 6 rings (SSSR count). The predicted molar refractivity (Wildman–Crippen MR) is 152 cm³/mol. The fraction of sp³-hybridized carbons (Fsp3) is 0.467. The van der Waals surface area contributed by atoms with Crippen LogP contribution in [0.1, 0.15) is 61.7 Å². The zero-order valence-corrected chi connectivity index (χ0v) is 24.0. The van der Waals surface area contributed by atoms with Crippen molar-refractivity contribution in [2.24, 2.45) is 0 Å². The smallest absolute Gasteiger partial charge is 0.176 e. The first-order valence-corrected chi connectivity index (χ1v) is 14.3. The number of hydrogen-bond acceptors (Lipinski definition) is 9. The summed E-state index contributed by atoms with van der Waals surface area (Å²) in [7, 11) is 1.56.